The molecule has 3 unspecified atom stereocenters. The zero-order chi connectivity index (χ0) is 8.67. The molecule has 3 aliphatic rings. The molecule has 2 aliphatic heterocycles. The van der Waals surface area contributed by atoms with E-state index in [9.17, 15) is 0 Å². The molecule has 0 N–H and O–H groups in total. The summed E-state index contributed by atoms with van der Waals surface area (Å²) in [5.74, 6) is 2.21. The monoisotopic (exact) mass is 179 g/mol. The van der Waals surface area contributed by atoms with Crippen LogP contribution in [0.4, 0.5) is 0 Å². The van der Waals surface area contributed by atoms with Crippen LogP contribution in [0, 0.1) is 11.8 Å². The van der Waals surface area contributed by atoms with Crippen LogP contribution in [0.2, 0.25) is 0 Å². The lowest BCUT2D eigenvalue weighted by atomic mass is 9.91. The van der Waals surface area contributed by atoms with Crippen LogP contribution in [-0.2, 0) is 0 Å². The van der Waals surface area contributed by atoms with Crippen molar-refractivity contribution in [1.82, 2.24) is 4.90 Å². The lowest BCUT2D eigenvalue weighted by molar-refractivity contribution is 0.169. The summed E-state index contributed by atoms with van der Waals surface area (Å²) in [6.07, 6.45) is 10.7. The third kappa shape index (κ3) is 1.41. The molecule has 0 aromatic rings. The van der Waals surface area contributed by atoms with E-state index in [2.05, 4.69) is 4.90 Å². The highest BCUT2D eigenvalue weighted by molar-refractivity contribution is 4.91. The SMILES string of the molecule is C1CC2CCC(C2)C2CCCN2C1. The number of hydrogen-bond donors (Lipinski definition) is 0. The molecule has 3 fully saturated rings. The Labute approximate surface area is 81.5 Å². The first-order valence-electron chi connectivity index (χ1n) is 6.17. The molecule has 0 amide bonds. The van der Waals surface area contributed by atoms with Crippen molar-refractivity contribution in [2.75, 3.05) is 13.1 Å². The Morgan fingerprint density at radius 3 is 2.62 bits per heavy atom. The quantitative estimate of drug-likeness (QED) is 0.552. The van der Waals surface area contributed by atoms with Gasteiger partial charge in [0.25, 0.3) is 0 Å². The first kappa shape index (κ1) is 8.28. The van der Waals surface area contributed by atoms with Crippen molar-refractivity contribution in [2.24, 2.45) is 11.8 Å². The molecule has 0 aromatic carbocycles. The minimum Gasteiger partial charge on any atom is -0.300 e. The van der Waals surface area contributed by atoms with Crippen molar-refractivity contribution < 1.29 is 0 Å². The van der Waals surface area contributed by atoms with Gasteiger partial charge >= 0.3 is 0 Å². The Balaban J connectivity index is 1.78. The van der Waals surface area contributed by atoms with Gasteiger partial charge in [0.05, 0.1) is 0 Å². The number of fused-ring (bicyclic) bond motifs is 4. The largest absolute Gasteiger partial charge is 0.300 e. The molecule has 2 bridgehead atoms. The molecular weight excluding hydrogens is 158 g/mol. The van der Waals surface area contributed by atoms with Gasteiger partial charge in [0.1, 0.15) is 0 Å². The van der Waals surface area contributed by atoms with E-state index in [1.807, 2.05) is 0 Å². The van der Waals surface area contributed by atoms with Gasteiger partial charge in [-0.05, 0) is 63.5 Å². The average Bonchev–Trinajstić information content (AvgIpc) is 2.66. The highest BCUT2D eigenvalue weighted by Gasteiger charge is 2.37. The first-order chi connectivity index (χ1) is 6.43. The molecule has 0 spiro atoms. The highest BCUT2D eigenvalue weighted by Crippen LogP contribution is 2.42. The van der Waals surface area contributed by atoms with Gasteiger partial charge in [-0.1, -0.05) is 6.42 Å². The molecule has 74 valence electrons. The minimum atomic E-state index is 1.00. The van der Waals surface area contributed by atoms with Crippen LogP contribution in [0.25, 0.3) is 0 Å². The second kappa shape index (κ2) is 3.27. The molecule has 3 rings (SSSR count). The summed E-state index contributed by atoms with van der Waals surface area (Å²) < 4.78 is 0. The summed E-state index contributed by atoms with van der Waals surface area (Å²) in [7, 11) is 0. The van der Waals surface area contributed by atoms with Crippen LogP contribution < -0.4 is 0 Å². The summed E-state index contributed by atoms with van der Waals surface area (Å²) in [6, 6.07) is 1.00. The number of rotatable bonds is 0. The molecule has 13 heavy (non-hydrogen) atoms. The van der Waals surface area contributed by atoms with Crippen LogP contribution in [0.3, 0.4) is 0 Å². The van der Waals surface area contributed by atoms with Crippen LogP contribution in [0.1, 0.15) is 44.9 Å². The van der Waals surface area contributed by atoms with Gasteiger partial charge < -0.3 is 4.90 Å². The van der Waals surface area contributed by atoms with Crippen LogP contribution in [0.5, 0.6) is 0 Å². The highest BCUT2D eigenvalue weighted by atomic mass is 15.2. The Hall–Kier alpha value is -0.0400. The maximum Gasteiger partial charge on any atom is 0.0124 e. The molecule has 0 aromatic heterocycles. The Morgan fingerprint density at radius 1 is 0.846 bits per heavy atom. The average molecular weight is 179 g/mol. The van der Waals surface area contributed by atoms with Crippen LogP contribution >= 0.6 is 0 Å². The summed E-state index contributed by atoms with van der Waals surface area (Å²) in [6.45, 7) is 2.82. The van der Waals surface area contributed by atoms with Gasteiger partial charge in [0, 0.05) is 6.04 Å². The minimum absolute atomic E-state index is 1.00. The van der Waals surface area contributed by atoms with Gasteiger partial charge in [-0.3, -0.25) is 0 Å². The Kier molecular flexibility index (Phi) is 2.08. The standard InChI is InChI=1S/C12H21N/c1-3-10-5-6-11(9-10)12-4-2-8-13(12)7-1/h10-12H,1-9H2. The van der Waals surface area contributed by atoms with Crippen molar-refractivity contribution >= 4 is 0 Å². The van der Waals surface area contributed by atoms with Crippen molar-refractivity contribution in [3.05, 3.63) is 0 Å². The molecule has 2 saturated heterocycles. The Bertz CT molecular complexity index is 190. The number of nitrogens with zero attached hydrogens (tertiary/aromatic N) is 1. The van der Waals surface area contributed by atoms with Gasteiger partial charge in [-0.15, -0.1) is 0 Å². The second-order valence-electron chi connectivity index (χ2n) is 5.33. The zero-order valence-electron chi connectivity index (χ0n) is 8.54. The predicted octanol–water partition coefficient (Wildman–Crippen LogP) is 2.66. The van der Waals surface area contributed by atoms with Crippen molar-refractivity contribution in [3.63, 3.8) is 0 Å². The van der Waals surface area contributed by atoms with Crippen LogP contribution in [-0.4, -0.2) is 24.0 Å². The van der Waals surface area contributed by atoms with E-state index < -0.39 is 0 Å². The van der Waals surface area contributed by atoms with E-state index in [4.69, 9.17) is 0 Å². The fourth-order valence-corrected chi connectivity index (χ4v) is 3.97. The van der Waals surface area contributed by atoms with E-state index in [1.165, 1.54) is 38.8 Å². The van der Waals surface area contributed by atoms with Crippen molar-refractivity contribution in [1.29, 1.82) is 0 Å². The van der Waals surface area contributed by atoms with E-state index >= 15 is 0 Å². The smallest absolute Gasteiger partial charge is 0.0124 e. The second-order valence-corrected chi connectivity index (χ2v) is 5.33. The van der Waals surface area contributed by atoms with Crippen molar-refractivity contribution in [2.45, 2.75) is 51.0 Å². The van der Waals surface area contributed by atoms with E-state index in [0.29, 0.717) is 0 Å². The molecule has 1 nitrogen and oxygen atoms in total. The molecule has 3 atom stereocenters. The van der Waals surface area contributed by atoms with Gasteiger partial charge in [-0.2, -0.15) is 0 Å². The van der Waals surface area contributed by atoms with Crippen molar-refractivity contribution in [3.8, 4) is 0 Å². The van der Waals surface area contributed by atoms with E-state index in [0.717, 1.165) is 17.9 Å². The summed E-state index contributed by atoms with van der Waals surface area (Å²) in [5, 5.41) is 0. The normalized spacial score (nSPS) is 45.7. The molecule has 0 radical (unpaired) electrons. The third-order valence-corrected chi connectivity index (χ3v) is 4.60. The van der Waals surface area contributed by atoms with Gasteiger partial charge in [-0.25, -0.2) is 0 Å². The maximum absolute atomic E-state index is 2.80. The zero-order valence-corrected chi connectivity index (χ0v) is 8.54. The maximum atomic E-state index is 2.80. The van der Waals surface area contributed by atoms with E-state index in [-0.39, 0.29) is 0 Å². The van der Waals surface area contributed by atoms with E-state index in [1.54, 1.807) is 19.3 Å². The number of hydrogen-bond acceptors (Lipinski definition) is 1. The lowest BCUT2D eigenvalue weighted by Crippen LogP contribution is -2.36. The fourth-order valence-electron chi connectivity index (χ4n) is 3.97. The molecule has 2 heterocycles. The molecule has 1 saturated carbocycles. The van der Waals surface area contributed by atoms with Crippen LogP contribution in [0.15, 0.2) is 0 Å². The molecule has 1 heteroatoms. The first-order valence-corrected chi connectivity index (χ1v) is 6.17. The Morgan fingerprint density at radius 2 is 1.69 bits per heavy atom. The predicted molar refractivity (Wildman–Crippen MR) is 54.7 cm³/mol. The van der Waals surface area contributed by atoms with Gasteiger partial charge in [0.2, 0.25) is 0 Å². The summed E-state index contributed by atoms with van der Waals surface area (Å²) in [4.78, 5) is 2.80. The summed E-state index contributed by atoms with van der Waals surface area (Å²) >= 11 is 0. The molecular formula is C12H21N. The third-order valence-electron chi connectivity index (χ3n) is 4.60. The topological polar surface area (TPSA) is 3.24 Å². The molecule has 1 aliphatic carbocycles. The van der Waals surface area contributed by atoms with Gasteiger partial charge in [0.15, 0.2) is 0 Å². The lowest BCUT2D eigenvalue weighted by Gasteiger charge is -2.31. The fraction of sp³-hybridized carbons (Fsp3) is 1.00. The summed E-state index contributed by atoms with van der Waals surface area (Å²) in [5.41, 5.74) is 0.